The van der Waals surface area contributed by atoms with E-state index >= 15 is 0 Å². The van der Waals surface area contributed by atoms with Gasteiger partial charge in [0.25, 0.3) is 0 Å². The first-order valence-corrected chi connectivity index (χ1v) is 7.06. The highest BCUT2D eigenvalue weighted by molar-refractivity contribution is 5.80. The van der Waals surface area contributed by atoms with Crippen LogP contribution in [0.3, 0.4) is 0 Å². The fourth-order valence-electron chi connectivity index (χ4n) is 1.57. The molecule has 0 radical (unpaired) electrons. The van der Waals surface area contributed by atoms with Crippen molar-refractivity contribution in [1.29, 1.82) is 0 Å². The molecule has 1 amide bonds. The van der Waals surface area contributed by atoms with Crippen LogP contribution < -0.4 is 10.6 Å². The van der Waals surface area contributed by atoms with Gasteiger partial charge in [-0.2, -0.15) is 0 Å². The Balaban J connectivity index is 1.81. The number of rotatable bonds is 12. The smallest absolute Gasteiger partial charge is 0.223 e. The lowest BCUT2D eigenvalue weighted by molar-refractivity contribution is -0.122. The number of aliphatic hydroxyl groups excluding tert-OH is 1. The van der Waals surface area contributed by atoms with E-state index < -0.39 is 6.10 Å². The number of nitrogens with one attached hydrogen (secondary N) is 2. The summed E-state index contributed by atoms with van der Waals surface area (Å²) >= 11 is 0. The molecule has 1 aliphatic rings. The van der Waals surface area contributed by atoms with Crippen LogP contribution in [-0.2, 0) is 14.3 Å². The molecule has 1 aliphatic carbocycles. The quantitative estimate of drug-likeness (QED) is 0.419. The van der Waals surface area contributed by atoms with Gasteiger partial charge in [0.2, 0.25) is 5.91 Å². The van der Waals surface area contributed by atoms with Crippen LogP contribution in [0.5, 0.6) is 0 Å². The lowest BCUT2D eigenvalue weighted by Crippen LogP contribution is -2.37. The number of carbonyl (C=O) groups is 1. The predicted octanol–water partition coefficient (Wildman–Crippen LogP) is -0.484. The summed E-state index contributed by atoms with van der Waals surface area (Å²) < 4.78 is 10.4. The minimum Gasteiger partial charge on any atom is -0.389 e. The minimum atomic E-state index is -0.527. The Hall–Kier alpha value is -0.690. The maximum absolute atomic E-state index is 11.3. The normalized spacial score (nSPS) is 16.3. The highest BCUT2D eigenvalue weighted by Gasteiger charge is 2.28. The van der Waals surface area contributed by atoms with Crippen LogP contribution in [0.2, 0.25) is 0 Å². The molecule has 0 aliphatic heterocycles. The Bertz CT molecular complexity index is 247. The van der Waals surface area contributed by atoms with Gasteiger partial charge in [0.05, 0.1) is 25.9 Å². The van der Waals surface area contributed by atoms with E-state index in [0.29, 0.717) is 46.1 Å². The largest absolute Gasteiger partial charge is 0.389 e. The van der Waals surface area contributed by atoms with Crippen molar-refractivity contribution in [2.75, 3.05) is 46.1 Å². The van der Waals surface area contributed by atoms with Gasteiger partial charge in [0.15, 0.2) is 0 Å². The third-order valence-corrected chi connectivity index (χ3v) is 2.82. The molecule has 0 bridgehead atoms. The SMILES string of the molecule is CCOCCOCC(O)CNCCNC(=O)C1CC1. The van der Waals surface area contributed by atoms with Crippen LogP contribution in [-0.4, -0.2) is 63.2 Å². The van der Waals surface area contributed by atoms with E-state index in [1.807, 2.05) is 6.92 Å². The number of aliphatic hydroxyl groups is 1. The lowest BCUT2D eigenvalue weighted by atomic mass is 10.3. The number of hydrogen-bond donors (Lipinski definition) is 3. The van der Waals surface area contributed by atoms with Gasteiger partial charge in [-0.3, -0.25) is 4.79 Å². The van der Waals surface area contributed by atoms with Crippen molar-refractivity contribution < 1.29 is 19.4 Å². The number of ether oxygens (including phenoxy) is 2. The van der Waals surface area contributed by atoms with Crippen molar-refractivity contribution >= 4 is 5.91 Å². The van der Waals surface area contributed by atoms with Gasteiger partial charge in [0, 0.05) is 32.2 Å². The standard InChI is InChI=1S/C13H26N2O4/c1-2-18-7-8-19-10-12(16)9-14-5-6-15-13(17)11-3-4-11/h11-12,14,16H,2-10H2,1H3,(H,15,17). The Kier molecular flexibility index (Phi) is 8.73. The highest BCUT2D eigenvalue weighted by atomic mass is 16.5. The van der Waals surface area contributed by atoms with Gasteiger partial charge < -0.3 is 25.2 Å². The highest BCUT2D eigenvalue weighted by Crippen LogP contribution is 2.28. The van der Waals surface area contributed by atoms with Gasteiger partial charge in [-0.1, -0.05) is 0 Å². The summed E-state index contributed by atoms with van der Waals surface area (Å²) in [5.74, 6) is 0.408. The Labute approximate surface area is 114 Å². The zero-order chi connectivity index (χ0) is 13.9. The van der Waals surface area contributed by atoms with Gasteiger partial charge in [0.1, 0.15) is 0 Å². The van der Waals surface area contributed by atoms with Crippen molar-refractivity contribution in [2.45, 2.75) is 25.9 Å². The molecule has 1 unspecified atom stereocenters. The van der Waals surface area contributed by atoms with E-state index in [0.717, 1.165) is 12.8 Å². The maximum Gasteiger partial charge on any atom is 0.223 e. The predicted molar refractivity (Wildman–Crippen MR) is 71.9 cm³/mol. The molecule has 0 saturated heterocycles. The summed E-state index contributed by atoms with van der Waals surface area (Å²) in [4.78, 5) is 11.3. The molecule has 6 heteroatoms. The van der Waals surface area contributed by atoms with E-state index in [1.54, 1.807) is 0 Å². The molecule has 0 aromatic carbocycles. The second-order valence-corrected chi connectivity index (χ2v) is 4.70. The van der Waals surface area contributed by atoms with Crippen molar-refractivity contribution in [3.8, 4) is 0 Å². The van der Waals surface area contributed by atoms with Crippen molar-refractivity contribution in [1.82, 2.24) is 10.6 Å². The summed E-state index contributed by atoms with van der Waals surface area (Å²) in [6, 6.07) is 0. The van der Waals surface area contributed by atoms with Crippen LogP contribution in [0, 0.1) is 5.92 Å². The van der Waals surface area contributed by atoms with Crippen molar-refractivity contribution in [3.63, 3.8) is 0 Å². The molecule has 0 aromatic heterocycles. The molecule has 1 rings (SSSR count). The topological polar surface area (TPSA) is 79.8 Å². The fourth-order valence-corrected chi connectivity index (χ4v) is 1.57. The first-order chi connectivity index (χ1) is 9.24. The van der Waals surface area contributed by atoms with Crippen LogP contribution in [0.15, 0.2) is 0 Å². The monoisotopic (exact) mass is 274 g/mol. The van der Waals surface area contributed by atoms with E-state index in [2.05, 4.69) is 10.6 Å². The Morgan fingerprint density at radius 2 is 2.05 bits per heavy atom. The summed E-state index contributed by atoms with van der Waals surface area (Å²) in [7, 11) is 0. The summed E-state index contributed by atoms with van der Waals surface area (Å²) in [5, 5.41) is 15.5. The van der Waals surface area contributed by atoms with Crippen molar-refractivity contribution in [2.24, 2.45) is 5.92 Å². The first-order valence-electron chi connectivity index (χ1n) is 7.06. The van der Waals surface area contributed by atoms with Gasteiger partial charge in [-0.25, -0.2) is 0 Å². The second-order valence-electron chi connectivity index (χ2n) is 4.70. The van der Waals surface area contributed by atoms with Crippen LogP contribution in [0.25, 0.3) is 0 Å². The van der Waals surface area contributed by atoms with Gasteiger partial charge >= 0.3 is 0 Å². The molecule has 1 saturated carbocycles. The summed E-state index contributed by atoms with van der Waals surface area (Å²) in [5.41, 5.74) is 0. The molecule has 112 valence electrons. The third kappa shape index (κ3) is 8.93. The number of hydrogen-bond acceptors (Lipinski definition) is 5. The summed E-state index contributed by atoms with van der Waals surface area (Å²) in [6.45, 7) is 5.71. The molecular weight excluding hydrogens is 248 g/mol. The minimum absolute atomic E-state index is 0.154. The van der Waals surface area contributed by atoms with Crippen LogP contribution in [0.1, 0.15) is 19.8 Å². The lowest BCUT2D eigenvalue weighted by Gasteiger charge is -2.12. The summed E-state index contributed by atoms with van der Waals surface area (Å²) in [6.07, 6.45) is 1.52. The average molecular weight is 274 g/mol. The zero-order valence-electron chi connectivity index (χ0n) is 11.7. The molecule has 3 N–H and O–H groups in total. The molecule has 1 fully saturated rings. The number of carbonyl (C=O) groups excluding carboxylic acids is 1. The fraction of sp³-hybridized carbons (Fsp3) is 0.923. The average Bonchev–Trinajstić information content (AvgIpc) is 3.22. The second kappa shape index (κ2) is 10.1. The van der Waals surface area contributed by atoms with E-state index in [4.69, 9.17) is 9.47 Å². The van der Waals surface area contributed by atoms with Gasteiger partial charge in [-0.15, -0.1) is 0 Å². The molecule has 0 heterocycles. The molecule has 1 atom stereocenters. The van der Waals surface area contributed by atoms with Crippen LogP contribution in [0.4, 0.5) is 0 Å². The van der Waals surface area contributed by atoms with Gasteiger partial charge in [-0.05, 0) is 19.8 Å². The third-order valence-electron chi connectivity index (χ3n) is 2.82. The van der Waals surface area contributed by atoms with E-state index in [9.17, 15) is 9.90 Å². The van der Waals surface area contributed by atoms with E-state index in [1.165, 1.54) is 0 Å². The Morgan fingerprint density at radius 3 is 2.74 bits per heavy atom. The molecule has 19 heavy (non-hydrogen) atoms. The van der Waals surface area contributed by atoms with Crippen LogP contribution >= 0.6 is 0 Å². The molecule has 0 spiro atoms. The molecule has 0 aromatic rings. The maximum atomic E-state index is 11.3. The first kappa shape index (κ1) is 16.4. The molecule has 6 nitrogen and oxygen atoms in total. The number of amides is 1. The zero-order valence-corrected chi connectivity index (χ0v) is 11.7. The van der Waals surface area contributed by atoms with E-state index in [-0.39, 0.29) is 11.8 Å². The molecular formula is C13H26N2O4. The Morgan fingerprint density at radius 1 is 1.32 bits per heavy atom. The van der Waals surface area contributed by atoms with Crippen molar-refractivity contribution in [3.05, 3.63) is 0 Å².